The minimum Gasteiger partial charge on any atom is -0.476 e. The fraction of sp³-hybridized carbons (Fsp3) is 0.625. The van der Waals surface area contributed by atoms with E-state index in [1.54, 1.807) is 11.3 Å². The standard InChI is InChI=1S/C32H44N7O2PS/c1-4-7-22(28(34)21-9-5-10-24-27(21)23(17-33)31(42)43-24)29(40)30-35-25(39-15-14-38(3)32(19-39)11-12-32)16-26(36-30)41-18-20-8-6-13-37(20)2/h16,20-21H,4-15,18-19,34,42H2,1-3H3/b28-22-/t20-,21-/m0/s1. The van der Waals surface area contributed by atoms with Crippen LogP contribution in [0.5, 0.6) is 5.88 Å². The summed E-state index contributed by atoms with van der Waals surface area (Å²) >= 11 is 1.66. The highest BCUT2D eigenvalue weighted by Gasteiger charge is 2.50. The second-order valence-corrected chi connectivity index (χ2v) is 14.9. The average molecular weight is 622 g/mol. The van der Waals surface area contributed by atoms with Crippen LogP contribution >= 0.6 is 20.6 Å². The monoisotopic (exact) mass is 621 g/mol. The molecular formula is C32H44N7O2PS. The first-order valence-electron chi connectivity index (χ1n) is 15.8. The van der Waals surface area contributed by atoms with E-state index in [-0.39, 0.29) is 23.1 Å². The first-order chi connectivity index (χ1) is 20.7. The zero-order chi connectivity index (χ0) is 30.3. The highest BCUT2D eigenvalue weighted by Crippen LogP contribution is 2.44. The van der Waals surface area contributed by atoms with E-state index in [9.17, 15) is 10.1 Å². The topological polar surface area (TPSA) is 112 Å². The van der Waals surface area contributed by atoms with Crippen molar-refractivity contribution in [1.82, 2.24) is 19.8 Å². The maximum Gasteiger partial charge on any atom is 0.228 e. The number of likely N-dealkylation sites (tertiary alicyclic amines) is 1. The molecule has 4 heterocycles. The van der Waals surface area contributed by atoms with Gasteiger partial charge in [-0.25, -0.2) is 4.98 Å². The molecule has 3 atom stereocenters. The summed E-state index contributed by atoms with van der Waals surface area (Å²) in [6.45, 7) is 6.33. The molecule has 2 aliphatic heterocycles. The molecule has 0 radical (unpaired) electrons. The summed E-state index contributed by atoms with van der Waals surface area (Å²) in [7, 11) is 7.05. The van der Waals surface area contributed by atoms with E-state index in [0.717, 1.165) is 80.7 Å². The Balaban J connectivity index is 1.36. The molecule has 2 aromatic heterocycles. The number of nitrogens with two attached hydrogens (primary N) is 1. The number of carbonyl (C=O) groups excluding carboxylic acids is 1. The third-order valence-corrected chi connectivity index (χ3v) is 11.8. The number of thiophene rings is 1. The number of anilines is 1. The second-order valence-electron chi connectivity index (χ2n) is 12.8. The summed E-state index contributed by atoms with van der Waals surface area (Å²) in [4.78, 5) is 32.3. The Hall–Kier alpha value is -2.57. The number of Topliss-reactive ketones (excluding diaryl/α,β-unsaturated/α-hetero) is 1. The van der Waals surface area contributed by atoms with Gasteiger partial charge in [0.05, 0.1) is 5.56 Å². The molecule has 0 amide bonds. The normalized spacial score (nSPS) is 24.0. The molecule has 9 nitrogen and oxygen atoms in total. The SMILES string of the molecule is CCC/C(C(=O)c1nc(OC[C@@H]2CCCN2C)cc(N2CCN(C)C3(CC3)C2)n1)=C(/N)[C@H]1CCCc2sc(P)c(C#N)c21. The van der Waals surface area contributed by atoms with Crippen LogP contribution in [0.3, 0.4) is 0 Å². The average Bonchev–Trinajstić information content (AvgIpc) is 3.53. The van der Waals surface area contributed by atoms with E-state index in [0.29, 0.717) is 41.8 Å². The number of piperazine rings is 1. The number of fused-ring (bicyclic) bond motifs is 1. The highest BCUT2D eigenvalue weighted by atomic mass is 32.1. The van der Waals surface area contributed by atoms with Crippen LogP contribution in [0, 0.1) is 11.3 Å². The third kappa shape index (κ3) is 5.94. The van der Waals surface area contributed by atoms with E-state index >= 15 is 0 Å². The van der Waals surface area contributed by atoms with Gasteiger partial charge in [0.1, 0.15) is 18.5 Å². The van der Waals surface area contributed by atoms with Crippen LogP contribution in [0.15, 0.2) is 17.3 Å². The Morgan fingerprint density at radius 3 is 2.74 bits per heavy atom. The number of hydrogen-bond acceptors (Lipinski definition) is 10. The smallest absolute Gasteiger partial charge is 0.228 e. The largest absolute Gasteiger partial charge is 0.476 e. The van der Waals surface area contributed by atoms with Gasteiger partial charge in [0.15, 0.2) is 0 Å². The minimum absolute atomic E-state index is 0.149. The van der Waals surface area contributed by atoms with Gasteiger partial charge in [-0.3, -0.25) is 9.69 Å². The Bertz CT molecular complexity index is 1460. The number of ether oxygens (including phenoxy) is 1. The summed E-state index contributed by atoms with van der Waals surface area (Å²) in [6, 6.07) is 4.65. The zero-order valence-electron chi connectivity index (χ0n) is 25.7. The molecule has 2 aliphatic carbocycles. The van der Waals surface area contributed by atoms with E-state index < -0.39 is 0 Å². The highest BCUT2D eigenvalue weighted by molar-refractivity contribution is 7.43. The van der Waals surface area contributed by atoms with E-state index in [1.165, 1.54) is 17.7 Å². The first kappa shape index (κ1) is 30.5. The summed E-state index contributed by atoms with van der Waals surface area (Å²) in [5, 5.41) is 9.96. The fourth-order valence-electron chi connectivity index (χ4n) is 7.15. The predicted molar refractivity (Wildman–Crippen MR) is 174 cm³/mol. The van der Waals surface area contributed by atoms with Gasteiger partial charge in [-0.15, -0.1) is 11.3 Å². The van der Waals surface area contributed by atoms with Crippen LogP contribution in [0.25, 0.3) is 0 Å². The molecule has 1 unspecified atom stereocenters. The zero-order valence-corrected chi connectivity index (χ0v) is 27.7. The lowest BCUT2D eigenvalue weighted by Crippen LogP contribution is -2.53. The van der Waals surface area contributed by atoms with Crippen molar-refractivity contribution in [3.8, 4) is 11.9 Å². The molecule has 0 bridgehead atoms. The number of ketones is 1. The summed E-state index contributed by atoms with van der Waals surface area (Å²) < 4.78 is 7.25. The number of rotatable bonds is 9. The van der Waals surface area contributed by atoms with Gasteiger partial charge in [0, 0.05) is 64.0 Å². The van der Waals surface area contributed by atoms with Crippen molar-refractivity contribution in [2.24, 2.45) is 5.73 Å². The van der Waals surface area contributed by atoms with Crippen LogP contribution in [0.4, 0.5) is 5.82 Å². The molecule has 3 fully saturated rings. The molecule has 2 aromatic rings. The second kappa shape index (κ2) is 12.4. The molecule has 230 valence electrons. The van der Waals surface area contributed by atoms with Gasteiger partial charge in [0.2, 0.25) is 17.5 Å². The summed E-state index contributed by atoms with van der Waals surface area (Å²) in [6.07, 6.45) is 8.66. The molecular weight excluding hydrogens is 577 g/mol. The fourth-order valence-corrected chi connectivity index (χ4v) is 8.92. The van der Waals surface area contributed by atoms with E-state index in [4.69, 9.17) is 20.4 Å². The van der Waals surface area contributed by atoms with Crippen molar-refractivity contribution in [3.63, 3.8) is 0 Å². The number of allylic oxidation sites excluding steroid dienone is 2. The molecule has 6 rings (SSSR count). The van der Waals surface area contributed by atoms with Gasteiger partial charge >= 0.3 is 0 Å². The Kier molecular flexibility index (Phi) is 8.81. The van der Waals surface area contributed by atoms with Crippen LogP contribution in [0.1, 0.15) is 90.8 Å². The van der Waals surface area contributed by atoms with Gasteiger partial charge in [0.25, 0.3) is 0 Å². The minimum atomic E-state index is -0.230. The number of carbonyl (C=O) groups is 1. The molecule has 43 heavy (non-hydrogen) atoms. The number of likely N-dealkylation sites (N-methyl/N-ethyl adjacent to an activating group) is 2. The number of nitrogens with zero attached hydrogens (tertiary/aromatic N) is 6. The van der Waals surface area contributed by atoms with Crippen LogP contribution in [-0.2, 0) is 6.42 Å². The van der Waals surface area contributed by atoms with Gasteiger partial charge in [-0.05, 0) is 77.6 Å². The molecule has 0 aromatic carbocycles. The predicted octanol–water partition coefficient (Wildman–Crippen LogP) is 3.98. The quantitative estimate of drug-likeness (QED) is 0.253. The van der Waals surface area contributed by atoms with Crippen molar-refractivity contribution < 1.29 is 9.53 Å². The van der Waals surface area contributed by atoms with Crippen molar-refractivity contribution in [2.45, 2.75) is 82.2 Å². The molecule has 2 N–H and O–H groups in total. The van der Waals surface area contributed by atoms with Gasteiger partial charge in [-0.1, -0.05) is 22.6 Å². The molecule has 2 saturated heterocycles. The molecule has 1 saturated carbocycles. The maximum absolute atomic E-state index is 14.4. The van der Waals surface area contributed by atoms with Crippen molar-refractivity contribution >= 4 is 36.8 Å². The molecule has 11 heteroatoms. The number of aromatic nitrogens is 2. The van der Waals surface area contributed by atoms with Crippen LogP contribution in [0.2, 0.25) is 0 Å². The first-order valence-corrected chi connectivity index (χ1v) is 17.2. The van der Waals surface area contributed by atoms with Crippen molar-refractivity contribution in [3.05, 3.63) is 39.2 Å². The number of aryl methyl sites for hydroxylation is 1. The van der Waals surface area contributed by atoms with E-state index in [2.05, 4.69) is 51.0 Å². The summed E-state index contributed by atoms with van der Waals surface area (Å²) in [5.41, 5.74) is 9.97. The van der Waals surface area contributed by atoms with Crippen molar-refractivity contribution in [2.75, 3.05) is 51.8 Å². The van der Waals surface area contributed by atoms with Crippen molar-refractivity contribution in [1.29, 1.82) is 5.26 Å². The Morgan fingerprint density at radius 2 is 2.05 bits per heavy atom. The molecule has 4 aliphatic rings. The lowest BCUT2D eigenvalue weighted by atomic mass is 9.81. The van der Waals surface area contributed by atoms with Crippen LogP contribution < -0.4 is 20.0 Å². The summed E-state index contributed by atoms with van der Waals surface area (Å²) in [5.74, 6) is 0.962. The van der Waals surface area contributed by atoms with Gasteiger partial charge in [-0.2, -0.15) is 10.2 Å². The molecule has 1 spiro atoms. The van der Waals surface area contributed by atoms with Gasteiger partial charge < -0.3 is 20.3 Å². The number of hydrogen-bond donors (Lipinski definition) is 1. The third-order valence-electron chi connectivity index (χ3n) is 10.0. The Morgan fingerprint density at radius 1 is 1.23 bits per heavy atom. The van der Waals surface area contributed by atoms with E-state index in [1.807, 2.05) is 6.07 Å². The number of nitriles is 1. The lowest BCUT2D eigenvalue weighted by Gasteiger charge is -2.40. The Labute approximate surface area is 261 Å². The van der Waals surface area contributed by atoms with Crippen LogP contribution in [-0.4, -0.2) is 84.0 Å². The lowest BCUT2D eigenvalue weighted by molar-refractivity contribution is 0.101. The maximum atomic E-state index is 14.4.